The lowest BCUT2D eigenvalue weighted by Crippen LogP contribution is -2.50. The average molecular weight is 386 g/mol. The molecule has 1 saturated heterocycles. The molecule has 0 unspecified atom stereocenters. The average Bonchev–Trinajstić information content (AvgIpc) is 2.65. The second kappa shape index (κ2) is 8.55. The molecule has 1 aliphatic heterocycles. The van der Waals surface area contributed by atoms with Crippen molar-refractivity contribution in [2.24, 2.45) is 0 Å². The zero-order valence-electron chi connectivity index (χ0n) is 15.7. The van der Waals surface area contributed by atoms with E-state index in [1.165, 1.54) is 0 Å². The molecule has 0 aromatic heterocycles. The molecular formula is C21H24ClN3O2. The van der Waals surface area contributed by atoms with Gasteiger partial charge in [-0.25, -0.2) is 0 Å². The Morgan fingerprint density at radius 2 is 1.70 bits per heavy atom. The highest BCUT2D eigenvalue weighted by Gasteiger charge is 2.23. The Balaban J connectivity index is 1.52. The van der Waals surface area contributed by atoms with Gasteiger partial charge in [0.05, 0.1) is 17.3 Å². The highest BCUT2D eigenvalue weighted by molar-refractivity contribution is 6.34. The largest absolute Gasteiger partial charge is 0.336 e. The molecule has 6 heteroatoms. The van der Waals surface area contributed by atoms with Crippen LogP contribution in [0.5, 0.6) is 0 Å². The summed E-state index contributed by atoms with van der Waals surface area (Å²) in [7, 11) is 0. The second-order valence-corrected chi connectivity index (χ2v) is 7.33. The van der Waals surface area contributed by atoms with Gasteiger partial charge in [-0.15, -0.1) is 0 Å². The van der Waals surface area contributed by atoms with E-state index in [1.54, 1.807) is 0 Å². The van der Waals surface area contributed by atoms with Crippen molar-refractivity contribution < 1.29 is 9.59 Å². The standard InChI is InChI=1S/C21H24ClN3O2/c1-15-12-16(2)20(18(22)13-15)23-19(26)14-24-8-10-25(11-9-24)21(27)17-6-4-3-5-7-17/h3-7,12-13H,8-11,14H2,1-2H3,(H,23,26). The van der Waals surface area contributed by atoms with Crippen LogP contribution in [0.4, 0.5) is 5.69 Å². The molecule has 0 spiro atoms. The first-order valence-electron chi connectivity index (χ1n) is 9.07. The molecular weight excluding hydrogens is 362 g/mol. The van der Waals surface area contributed by atoms with Crippen molar-refractivity contribution in [3.8, 4) is 0 Å². The SMILES string of the molecule is Cc1cc(C)c(NC(=O)CN2CCN(C(=O)c3ccccc3)CC2)c(Cl)c1. The van der Waals surface area contributed by atoms with Gasteiger partial charge in [-0.3, -0.25) is 14.5 Å². The third-order valence-electron chi connectivity index (χ3n) is 4.74. The van der Waals surface area contributed by atoms with Crippen LogP contribution in [0.1, 0.15) is 21.5 Å². The highest BCUT2D eigenvalue weighted by atomic mass is 35.5. The fourth-order valence-corrected chi connectivity index (χ4v) is 3.70. The van der Waals surface area contributed by atoms with E-state index in [9.17, 15) is 9.59 Å². The van der Waals surface area contributed by atoms with Gasteiger partial charge in [0.15, 0.2) is 0 Å². The molecule has 0 aliphatic carbocycles. The van der Waals surface area contributed by atoms with Gasteiger partial charge in [0.25, 0.3) is 5.91 Å². The molecule has 0 bridgehead atoms. The Morgan fingerprint density at radius 1 is 1.04 bits per heavy atom. The number of anilines is 1. The van der Waals surface area contributed by atoms with E-state index < -0.39 is 0 Å². The second-order valence-electron chi connectivity index (χ2n) is 6.92. The number of piperazine rings is 1. The molecule has 1 N–H and O–H groups in total. The molecule has 1 heterocycles. The number of halogens is 1. The van der Waals surface area contributed by atoms with Crippen LogP contribution >= 0.6 is 11.6 Å². The third-order valence-corrected chi connectivity index (χ3v) is 5.04. The van der Waals surface area contributed by atoms with Crippen LogP contribution in [-0.2, 0) is 4.79 Å². The van der Waals surface area contributed by atoms with Crippen molar-refractivity contribution in [1.82, 2.24) is 9.80 Å². The topological polar surface area (TPSA) is 52.7 Å². The molecule has 1 fully saturated rings. The van der Waals surface area contributed by atoms with E-state index in [2.05, 4.69) is 10.2 Å². The first-order chi connectivity index (χ1) is 12.9. The first kappa shape index (κ1) is 19.4. The molecule has 1 aliphatic rings. The fraction of sp³-hybridized carbons (Fsp3) is 0.333. The number of aryl methyl sites for hydroxylation is 2. The predicted octanol–water partition coefficient (Wildman–Crippen LogP) is 3.35. The lowest BCUT2D eigenvalue weighted by atomic mass is 10.1. The van der Waals surface area contributed by atoms with Crippen LogP contribution in [0, 0.1) is 13.8 Å². The number of hydrogen-bond donors (Lipinski definition) is 1. The van der Waals surface area contributed by atoms with E-state index in [-0.39, 0.29) is 18.4 Å². The zero-order chi connectivity index (χ0) is 19.4. The first-order valence-corrected chi connectivity index (χ1v) is 9.45. The van der Waals surface area contributed by atoms with Crippen LogP contribution in [0.3, 0.4) is 0 Å². The summed E-state index contributed by atoms with van der Waals surface area (Å²) in [5.41, 5.74) is 3.39. The van der Waals surface area contributed by atoms with Crippen LogP contribution in [-0.4, -0.2) is 54.3 Å². The number of benzene rings is 2. The van der Waals surface area contributed by atoms with E-state index >= 15 is 0 Å². The Bertz CT molecular complexity index is 808. The van der Waals surface area contributed by atoms with Gasteiger partial charge < -0.3 is 10.2 Å². The number of carbonyl (C=O) groups is 2. The summed E-state index contributed by atoms with van der Waals surface area (Å²) < 4.78 is 0. The van der Waals surface area contributed by atoms with Crippen molar-refractivity contribution in [3.63, 3.8) is 0 Å². The van der Waals surface area contributed by atoms with Crippen LogP contribution < -0.4 is 5.32 Å². The van der Waals surface area contributed by atoms with Crippen molar-refractivity contribution in [1.29, 1.82) is 0 Å². The van der Waals surface area contributed by atoms with E-state index in [0.717, 1.165) is 11.1 Å². The Labute approximate surface area is 164 Å². The van der Waals surface area contributed by atoms with Crippen LogP contribution in [0.25, 0.3) is 0 Å². The maximum atomic E-state index is 12.5. The predicted molar refractivity (Wildman–Crippen MR) is 108 cm³/mol. The number of rotatable bonds is 4. The number of carbonyl (C=O) groups excluding carboxylic acids is 2. The van der Waals surface area contributed by atoms with Crippen molar-refractivity contribution in [2.75, 3.05) is 38.0 Å². The number of amides is 2. The van der Waals surface area contributed by atoms with Crippen molar-refractivity contribution in [2.45, 2.75) is 13.8 Å². The molecule has 2 amide bonds. The zero-order valence-corrected chi connectivity index (χ0v) is 16.4. The fourth-order valence-electron chi connectivity index (χ4n) is 3.33. The minimum absolute atomic E-state index is 0.0433. The lowest BCUT2D eigenvalue weighted by Gasteiger charge is -2.34. The van der Waals surface area contributed by atoms with Gasteiger partial charge in [0.1, 0.15) is 0 Å². The summed E-state index contributed by atoms with van der Waals surface area (Å²) in [5, 5.41) is 3.47. The van der Waals surface area contributed by atoms with E-state index in [0.29, 0.717) is 42.5 Å². The molecule has 0 radical (unpaired) electrons. The highest BCUT2D eigenvalue weighted by Crippen LogP contribution is 2.27. The van der Waals surface area contributed by atoms with Gasteiger partial charge in [-0.05, 0) is 43.2 Å². The molecule has 0 atom stereocenters. The minimum Gasteiger partial charge on any atom is -0.336 e. The van der Waals surface area contributed by atoms with Gasteiger partial charge in [0, 0.05) is 31.7 Å². The molecule has 2 aromatic carbocycles. The smallest absolute Gasteiger partial charge is 0.253 e. The van der Waals surface area contributed by atoms with Crippen molar-refractivity contribution in [3.05, 3.63) is 64.2 Å². The summed E-state index contributed by atoms with van der Waals surface area (Å²) in [6, 6.07) is 13.1. The van der Waals surface area contributed by atoms with E-state index in [1.807, 2.05) is 61.2 Å². The monoisotopic (exact) mass is 385 g/mol. The Hall–Kier alpha value is -2.37. The summed E-state index contributed by atoms with van der Waals surface area (Å²) in [4.78, 5) is 28.8. The number of nitrogens with zero attached hydrogens (tertiary/aromatic N) is 2. The van der Waals surface area contributed by atoms with Gasteiger partial charge in [0.2, 0.25) is 5.91 Å². The normalized spacial score (nSPS) is 14.9. The third kappa shape index (κ3) is 4.87. The Kier molecular flexibility index (Phi) is 6.14. The summed E-state index contributed by atoms with van der Waals surface area (Å²) in [6.45, 7) is 6.77. The molecule has 5 nitrogen and oxygen atoms in total. The molecule has 0 saturated carbocycles. The summed E-state index contributed by atoms with van der Waals surface area (Å²) in [5.74, 6) is -0.0477. The lowest BCUT2D eigenvalue weighted by molar-refractivity contribution is -0.117. The summed E-state index contributed by atoms with van der Waals surface area (Å²) in [6.07, 6.45) is 0. The van der Waals surface area contributed by atoms with Crippen LogP contribution in [0.15, 0.2) is 42.5 Å². The van der Waals surface area contributed by atoms with Crippen LogP contribution in [0.2, 0.25) is 5.02 Å². The maximum absolute atomic E-state index is 12.5. The minimum atomic E-state index is -0.0910. The van der Waals surface area contributed by atoms with Gasteiger partial charge >= 0.3 is 0 Å². The van der Waals surface area contributed by atoms with Gasteiger partial charge in [-0.2, -0.15) is 0 Å². The Morgan fingerprint density at radius 3 is 2.33 bits per heavy atom. The number of nitrogens with one attached hydrogen (secondary N) is 1. The van der Waals surface area contributed by atoms with Crippen molar-refractivity contribution >= 4 is 29.1 Å². The molecule has 3 rings (SSSR count). The molecule has 27 heavy (non-hydrogen) atoms. The quantitative estimate of drug-likeness (QED) is 0.878. The molecule has 2 aromatic rings. The number of hydrogen-bond acceptors (Lipinski definition) is 3. The summed E-state index contributed by atoms with van der Waals surface area (Å²) >= 11 is 6.26. The van der Waals surface area contributed by atoms with Gasteiger partial charge in [-0.1, -0.05) is 35.9 Å². The maximum Gasteiger partial charge on any atom is 0.253 e. The van der Waals surface area contributed by atoms with E-state index in [4.69, 9.17) is 11.6 Å². The molecule has 142 valence electrons.